The Morgan fingerprint density at radius 3 is 2.75 bits per heavy atom. The molecule has 0 aliphatic rings. The first-order valence-electron chi connectivity index (χ1n) is 9.06. The monoisotopic (exact) mass is 377 g/mol. The Morgan fingerprint density at radius 1 is 1.18 bits per heavy atom. The zero-order chi connectivity index (χ0) is 19.9. The average Bonchev–Trinajstić information content (AvgIpc) is 2.73. The molecule has 3 aromatic rings. The fourth-order valence-corrected chi connectivity index (χ4v) is 2.90. The highest BCUT2D eigenvalue weighted by Gasteiger charge is 2.16. The molecule has 1 atom stereocenters. The SMILES string of the molecule is CC[C@H](Nc1cccc2ccccc12)C(=O)N/N=C\c1cc(OC)ccc1O. The number of hydrogen-bond acceptors (Lipinski definition) is 5. The molecule has 144 valence electrons. The highest BCUT2D eigenvalue weighted by molar-refractivity contribution is 5.96. The van der Waals surface area contributed by atoms with Crippen LogP contribution in [0.25, 0.3) is 10.8 Å². The van der Waals surface area contributed by atoms with Gasteiger partial charge in [0.2, 0.25) is 0 Å². The van der Waals surface area contributed by atoms with Gasteiger partial charge in [-0.25, -0.2) is 5.43 Å². The fourth-order valence-electron chi connectivity index (χ4n) is 2.90. The molecule has 0 unspecified atom stereocenters. The predicted octanol–water partition coefficient (Wildman–Crippen LogP) is 3.89. The summed E-state index contributed by atoms with van der Waals surface area (Å²) in [7, 11) is 1.54. The van der Waals surface area contributed by atoms with Gasteiger partial charge in [0.05, 0.1) is 13.3 Å². The number of rotatable bonds is 7. The standard InChI is InChI=1S/C22H23N3O3/c1-3-19(24-20-10-6-8-15-7-4-5-9-18(15)20)22(27)25-23-14-16-13-17(28-2)11-12-21(16)26/h4-14,19,24,26H,3H2,1-2H3,(H,25,27)/b23-14-/t19-/m0/s1. The zero-order valence-electron chi connectivity index (χ0n) is 15.8. The molecule has 0 radical (unpaired) electrons. The van der Waals surface area contributed by atoms with Gasteiger partial charge in [0, 0.05) is 16.6 Å². The van der Waals surface area contributed by atoms with Crippen molar-refractivity contribution in [1.82, 2.24) is 5.43 Å². The van der Waals surface area contributed by atoms with Crippen LogP contribution in [-0.4, -0.2) is 30.4 Å². The van der Waals surface area contributed by atoms with Gasteiger partial charge in [-0.15, -0.1) is 0 Å². The minimum atomic E-state index is -0.443. The van der Waals surface area contributed by atoms with Crippen molar-refractivity contribution < 1.29 is 14.6 Å². The number of carbonyl (C=O) groups excluding carboxylic acids is 1. The molecule has 0 saturated heterocycles. The maximum atomic E-state index is 12.5. The van der Waals surface area contributed by atoms with Crippen LogP contribution >= 0.6 is 0 Å². The molecule has 0 fully saturated rings. The molecule has 6 heteroatoms. The Hall–Kier alpha value is -3.54. The van der Waals surface area contributed by atoms with Crippen LogP contribution in [-0.2, 0) is 4.79 Å². The number of carbonyl (C=O) groups is 1. The lowest BCUT2D eigenvalue weighted by Crippen LogP contribution is -2.36. The van der Waals surface area contributed by atoms with Crippen molar-refractivity contribution in [1.29, 1.82) is 0 Å². The smallest absolute Gasteiger partial charge is 0.262 e. The largest absolute Gasteiger partial charge is 0.507 e. The lowest BCUT2D eigenvalue weighted by atomic mass is 10.1. The van der Waals surface area contributed by atoms with E-state index in [0.29, 0.717) is 17.7 Å². The van der Waals surface area contributed by atoms with Crippen LogP contribution in [0, 0.1) is 0 Å². The molecule has 0 aliphatic heterocycles. The minimum absolute atomic E-state index is 0.0553. The van der Waals surface area contributed by atoms with Gasteiger partial charge in [-0.05, 0) is 36.1 Å². The summed E-state index contributed by atoms with van der Waals surface area (Å²) in [5.74, 6) is 0.392. The summed E-state index contributed by atoms with van der Waals surface area (Å²) >= 11 is 0. The molecule has 0 aliphatic carbocycles. The first-order valence-corrected chi connectivity index (χ1v) is 9.06. The molecule has 3 rings (SSSR count). The lowest BCUT2D eigenvalue weighted by Gasteiger charge is -2.18. The Kier molecular flexibility index (Phi) is 6.11. The Morgan fingerprint density at radius 2 is 1.96 bits per heavy atom. The van der Waals surface area contributed by atoms with Crippen molar-refractivity contribution >= 4 is 28.6 Å². The summed E-state index contributed by atoms with van der Waals surface area (Å²) in [5, 5.41) is 19.3. The molecule has 6 nitrogen and oxygen atoms in total. The molecule has 0 aromatic heterocycles. The Labute approximate surface area is 163 Å². The maximum Gasteiger partial charge on any atom is 0.262 e. The predicted molar refractivity (Wildman–Crippen MR) is 112 cm³/mol. The van der Waals surface area contributed by atoms with E-state index in [2.05, 4.69) is 15.8 Å². The minimum Gasteiger partial charge on any atom is -0.507 e. The summed E-state index contributed by atoms with van der Waals surface area (Å²) in [6.07, 6.45) is 1.98. The highest BCUT2D eigenvalue weighted by atomic mass is 16.5. The molecule has 0 bridgehead atoms. The van der Waals surface area contributed by atoms with Gasteiger partial charge < -0.3 is 15.2 Å². The number of phenolic OH excluding ortho intramolecular Hbond substituents is 1. The van der Waals surface area contributed by atoms with Crippen molar-refractivity contribution in [2.75, 3.05) is 12.4 Å². The van der Waals surface area contributed by atoms with E-state index in [-0.39, 0.29) is 11.7 Å². The van der Waals surface area contributed by atoms with Crippen LogP contribution in [0.1, 0.15) is 18.9 Å². The Bertz CT molecular complexity index is 996. The van der Waals surface area contributed by atoms with Crippen LogP contribution in [0.3, 0.4) is 0 Å². The van der Waals surface area contributed by atoms with Gasteiger partial charge in [0.15, 0.2) is 0 Å². The summed E-state index contributed by atoms with van der Waals surface area (Å²) in [6.45, 7) is 1.93. The van der Waals surface area contributed by atoms with E-state index < -0.39 is 6.04 Å². The van der Waals surface area contributed by atoms with Crippen molar-refractivity contribution in [3.63, 3.8) is 0 Å². The fraction of sp³-hybridized carbons (Fsp3) is 0.182. The topological polar surface area (TPSA) is 83.0 Å². The van der Waals surface area contributed by atoms with Crippen LogP contribution < -0.4 is 15.5 Å². The van der Waals surface area contributed by atoms with E-state index in [1.54, 1.807) is 19.2 Å². The first-order chi connectivity index (χ1) is 13.6. The van der Waals surface area contributed by atoms with Gasteiger partial charge in [-0.1, -0.05) is 43.3 Å². The summed E-state index contributed by atoms with van der Waals surface area (Å²) in [6, 6.07) is 18.3. The molecule has 0 heterocycles. The number of phenols is 1. The molecule has 0 saturated carbocycles. The van der Waals surface area contributed by atoms with E-state index in [0.717, 1.165) is 16.5 Å². The number of anilines is 1. The van der Waals surface area contributed by atoms with Gasteiger partial charge in [0.25, 0.3) is 5.91 Å². The second kappa shape index (κ2) is 8.90. The normalized spacial score (nSPS) is 12.1. The third-order valence-corrected chi connectivity index (χ3v) is 4.46. The van der Waals surface area contributed by atoms with E-state index in [1.165, 1.54) is 12.3 Å². The third-order valence-electron chi connectivity index (χ3n) is 4.46. The maximum absolute atomic E-state index is 12.5. The molecule has 3 N–H and O–H groups in total. The van der Waals surface area contributed by atoms with Gasteiger partial charge in [0.1, 0.15) is 17.5 Å². The van der Waals surface area contributed by atoms with Crippen molar-refractivity contribution in [2.24, 2.45) is 5.10 Å². The molecular weight excluding hydrogens is 354 g/mol. The third kappa shape index (κ3) is 4.40. The van der Waals surface area contributed by atoms with Crippen LogP contribution in [0.2, 0.25) is 0 Å². The van der Waals surface area contributed by atoms with Crippen LogP contribution in [0.4, 0.5) is 5.69 Å². The number of nitrogens with zero attached hydrogens (tertiary/aromatic N) is 1. The number of ether oxygens (including phenoxy) is 1. The number of aromatic hydroxyl groups is 1. The zero-order valence-corrected chi connectivity index (χ0v) is 15.8. The number of fused-ring (bicyclic) bond motifs is 1. The van der Waals surface area contributed by atoms with Crippen LogP contribution in [0.5, 0.6) is 11.5 Å². The second-order valence-electron chi connectivity index (χ2n) is 6.29. The lowest BCUT2D eigenvalue weighted by molar-refractivity contribution is -0.121. The van der Waals surface area contributed by atoms with E-state index in [4.69, 9.17) is 4.74 Å². The number of methoxy groups -OCH3 is 1. The average molecular weight is 377 g/mol. The molecular formula is C22H23N3O3. The molecule has 0 spiro atoms. The van der Waals surface area contributed by atoms with Crippen LogP contribution in [0.15, 0.2) is 65.8 Å². The van der Waals surface area contributed by atoms with Gasteiger partial charge >= 0.3 is 0 Å². The second-order valence-corrected chi connectivity index (χ2v) is 6.29. The number of hydrazone groups is 1. The summed E-state index contributed by atoms with van der Waals surface area (Å²) < 4.78 is 5.12. The van der Waals surface area contributed by atoms with E-state index in [9.17, 15) is 9.90 Å². The quantitative estimate of drug-likeness (QED) is 0.431. The van der Waals surface area contributed by atoms with Crippen molar-refractivity contribution in [3.05, 3.63) is 66.2 Å². The van der Waals surface area contributed by atoms with Gasteiger partial charge in [-0.2, -0.15) is 5.10 Å². The molecule has 28 heavy (non-hydrogen) atoms. The molecule has 1 amide bonds. The van der Waals surface area contributed by atoms with Gasteiger partial charge in [-0.3, -0.25) is 4.79 Å². The number of hydrogen-bond donors (Lipinski definition) is 3. The number of nitrogens with one attached hydrogen (secondary N) is 2. The highest BCUT2D eigenvalue weighted by Crippen LogP contribution is 2.24. The number of benzene rings is 3. The molecule has 3 aromatic carbocycles. The summed E-state index contributed by atoms with van der Waals surface area (Å²) in [5.41, 5.74) is 3.88. The summed E-state index contributed by atoms with van der Waals surface area (Å²) in [4.78, 5) is 12.5. The van der Waals surface area contributed by atoms with E-state index >= 15 is 0 Å². The van der Waals surface area contributed by atoms with Crippen molar-refractivity contribution in [2.45, 2.75) is 19.4 Å². The Balaban J connectivity index is 1.70. The first kappa shape index (κ1) is 19.2. The van der Waals surface area contributed by atoms with Crippen molar-refractivity contribution in [3.8, 4) is 11.5 Å². The van der Waals surface area contributed by atoms with E-state index in [1.807, 2.05) is 49.4 Å². The number of amides is 1.